The minimum Gasteiger partial charge on any atom is -0.501 e. The summed E-state index contributed by atoms with van der Waals surface area (Å²) in [6.07, 6.45) is 10.1. The number of aromatic nitrogens is 1. The van der Waals surface area contributed by atoms with Crippen LogP contribution in [-0.2, 0) is 11.2 Å². The van der Waals surface area contributed by atoms with Gasteiger partial charge in [0.2, 0.25) is 0 Å². The molecule has 1 N–H and O–H groups in total. The zero-order valence-corrected chi connectivity index (χ0v) is 10.4. The molecule has 92 valence electrons. The van der Waals surface area contributed by atoms with Crippen molar-refractivity contribution in [2.24, 2.45) is 0 Å². The molecule has 1 aliphatic rings. The Hall–Kier alpha value is -1.35. The second kappa shape index (κ2) is 6.40. The van der Waals surface area contributed by atoms with E-state index in [2.05, 4.69) is 16.4 Å². The summed E-state index contributed by atoms with van der Waals surface area (Å²) in [4.78, 5) is 4.14. The molecule has 3 heteroatoms. The average Bonchev–Trinajstić information content (AvgIpc) is 2.42. The Bertz CT molecular complexity index is 362. The molecule has 1 aromatic rings. The molecule has 0 aliphatic carbocycles. The van der Waals surface area contributed by atoms with Gasteiger partial charge in [-0.05, 0) is 49.9 Å². The fourth-order valence-electron chi connectivity index (χ4n) is 2.21. The van der Waals surface area contributed by atoms with Crippen LogP contribution in [0.4, 0.5) is 0 Å². The van der Waals surface area contributed by atoms with Gasteiger partial charge >= 0.3 is 0 Å². The minimum atomic E-state index is 0.426. The molecule has 0 amide bonds. The van der Waals surface area contributed by atoms with Gasteiger partial charge < -0.3 is 10.1 Å². The van der Waals surface area contributed by atoms with Crippen molar-refractivity contribution >= 4 is 0 Å². The third-order valence-corrected chi connectivity index (χ3v) is 3.20. The summed E-state index contributed by atoms with van der Waals surface area (Å²) in [6, 6.07) is 4.55. The molecule has 1 unspecified atom stereocenters. The van der Waals surface area contributed by atoms with Gasteiger partial charge in [0.15, 0.2) is 0 Å². The molecule has 2 rings (SSSR count). The Morgan fingerprint density at radius 3 is 3.12 bits per heavy atom. The van der Waals surface area contributed by atoms with E-state index in [1.165, 1.54) is 11.1 Å². The van der Waals surface area contributed by atoms with Gasteiger partial charge in [-0.15, -0.1) is 0 Å². The van der Waals surface area contributed by atoms with Crippen molar-refractivity contribution in [3.8, 4) is 0 Å². The highest BCUT2D eigenvalue weighted by Crippen LogP contribution is 2.19. The van der Waals surface area contributed by atoms with Crippen LogP contribution in [0.5, 0.6) is 0 Å². The molecule has 1 atom stereocenters. The van der Waals surface area contributed by atoms with Crippen molar-refractivity contribution in [3.05, 3.63) is 41.9 Å². The van der Waals surface area contributed by atoms with Gasteiger partial charge in [0.05, 0.1) is 12.9 Å². The zero-order chi connectivity index (χ0) is 11.9. The first kappa shape index (κ1) is 12.1. The van der Waals surface area contributed by atoms with Gasteiger partial charge in [0.1, 0.15) is 0 Å². The molecule has 0 radical (unpaired) electrons. The Kier molecular flexibility index (Phi) is 4.56. The van der Waals surface area contributed by atoms with Crippen LogP contribution in [0.3, 0.4) is 0 Å². The molecule has 0 fully saturated rings. The Morgan fingerprint density at radius 1 is 1.53 bits per heavy atom. The number of rotatable bonds is 5. The van der Waals surface area contributed by atoms with Gasteiger partial charge in [0.25, 0.3) is 0 Å². The highest BCUT2D eigenvalue weighted by molar-refractivity contribution is 5.13. The first-order chi connectivity index (χ1) is 8.40. The number of nitrogens with one attached hydrogen (secondary N) is 1. The maximum absolute atomic E-state index is 5.40. The van der Waals surface area contributed by atoms with E-state index in [9.17, 15) is 0 Å². The first-order valence-corrected chi connectivity index (χ1v) is 6.27. The van der Waals surface area contributed by atoms with E-state index < -0.39 is 0 Å². The molecule has 0 aromatic carbocycles. The minimum absolute atomic E-state index is 0.426. The first-order valence-electron chi connectivity index (χ1n) is 6.27. The van der Waals surface area contributed by atoms with Gasteiger partial charge in [0, 0.05) is 18.4 Å². The largest absolute Gasteiger partial charge is 0.501 e. The lowest BCUT2D eigenvalue weighted by Gasteiger charge is -2.22. The second-order valence-corrected chi connectivity index (χ2v) is 4.41. The summed E-state index contributed by atoms with van der Waals surface area (Å²) in [5.41, 5.74) is 2.69. The lowest BCUT2D eigenvalue weighted by atomic mass is 9.96. The molecule has 0 saturated carbocycles. The highest BCUT2D eigenvalue weighted by Gasteiger charge is 2.15. The van der Waals surface area contributed by atoms with Gasteiger partial charge in [-0.25, -0.2) is 0 Å². The summed E-state index contributed by atoms with van der Waals surface area (Å²) in [5, 5.41) is 3.37. The number of hydrogen-bond acceptors (Lipinski definition) is 3. The SMILES string of the molecule is CNC(CCc1cccnc1)C1=COCCC1. The van der Waals surface area contributed by atoms with Crippen LogP contribution in [0.2, 0.25) is 0 Å². The molecule has 17 heavy (non-hydrogen) atoms. The van der Waals surface area contributed by atoms with E-state index >= 15 is 0 Å². The third kappa shape index (κ3) is 3.56. The number of likely N-dealkylation sites (N-methyl/N-ethyl adjacent to an activating group) is 1. The molecule has 3 nitrogen and oxygen atoms in total. The lowest BCUT2D eigenvalue weighted by molar-refractivity contribution is 0.219. The molecular formula is C14H20N2O. The van der Waals surface area contributed by atoms with Crippen LogP contribution < -0.4 is 5.32 Å². The Labute approximate surface area is 103 Å². The molecule has 2 heterocycles. The molecule has 1 aromatic heterocycles. The van der Waals surface area contributed by atoms with E-state index in [0.29, 0.717) is 6.04 Å². The number of ether oxygens (including phenoxy) is 1. The Balaban J connectivity index is 1.89. The number of aryl methyl sites for hydroxylation is 1. The predicted octanol–water partition coefficient (Wildman–Crippen LogP) is 2.30. The van der Waals surface area contributed by atoms with Crippen molar-refractivity contribution in [1.29, 1.82) is 0 Å². The van der Waals surface area contributed by atoms with Gasteiger partial charge in [-0.2, -0.15) is 0 Å². The van der Waals surface area contributed by atoms with Crippen molar-refractivity contribution in [2.75, 3.05) is 13.7 Å². The van der Waals surface area contributed by atoms with Crippen LogP contribution in [0, 0.1) is 0 Å². The standard InChI is InChI=1S/C14H20N2O/c1-15-14(13-5-3-9-17-11-13)7-6-12-4-2-8-16-10-12/h2,4,8,10-11,14-15H,3,5-7,9H2,1H3. The molecule has 0 bridgehead atoms. The smallest absolute Gasteiger partial charge is 0.0876 e. The maximum Gasteiger partial charge on any atom is 0.0876 e. The van der Waals surface area contributed by atoms with Crippen molar-refractivity contribution in [2.45, 2.75) is 31.7 Å². The zero-order valence-electron chi connectivity index (χ0n) is 10.4. The maximum atomic E-state index is 5.40. The monoisotopic (exact) mass is 232 g/mol. The topological polar surface area (TPSA) is 34.2 Å². The summed E-state index contributed by atoms with van der Waals surface area (Å²) < 4.78 is 5.40. The fraction of sp³-hybridized carbons (Fsp3) is 0.500. The van der Waals surface area contributed by atoms with E-state index in [1.54, 1.807) is 0 Å². The predicted molar refractivity (Wildman–Crippen MR) is 68.7 cm³/mol. The quantitative estimate of drug-likeness (QED) is 0.846. The van der Waals surface area contributed by atoms with E-state index in [4.69, 9.17) is 4.74 Å². The van der Waals surface area contributed by atoms with Crippen LogP contribution in [-0.4, -0.2) is 24.7 Å². The summed E-state index contributed by atoms with van der Waals surface area (Å²) in [6.45, 7) is 0.864. The lowest BCUT2D eigenvalue weighted by Crippen LogP contribution is -2.29. The van der Waals surface area contributed by atoms with E-state index in [0.717, 1.165) is 32.3 Å². The number of hydrogen-bond donors (Lipinski definition) is 1. The van der Waals surface area contributed by atoms with E-state index in [-0.39, 0.29) is 0 Å². The summed E-state index contributed by atoms with van der Waals surface area (Å²) in [5.74, 6) is 0. The average molecular weight is 232 g/mol. The molecule has 1 aliphatic heterocycles. The number of nitrogens with zero attached hydrogens (tertiary/aromatic N) is 1. The number of pyridine rings is 1. The Morgan fingerprint density at radius 2 is 2.47 bits per heavy atom. The molecule has 0 saturated heterocycles. The van der Waals surface area contributed by atoms with E-state index in [1.807, 2.05) is 31.8 Å². The van der Waals surface area contributed by atoms with Gasteiger partial charge in [-0.3, -0.25) is 4.98 Å². The second-order valence-electron chi connectivity index (χ2n) is 4.41. The molecular weight excluding hydrogens is 212 g/mol. The van der Waals surface area contributed by atoms with Crippen molar-refractivity contribution < 1.29 is 4.74 Å². The molecule has 0 spiro atoms. The van der Waals surface area contributed by atoms with Crippen molar-refractivity contribution in [1.82, 2.24) is 10.3 Å². The highest BCUT2D eigenvalue weighted by atomic mass is 16.5. The van der Waals surface area contributed by atoms with Crippen LogP contribution in [0.1, 0.15) is 24.8 Å². The van der Waals surface area contributed by atoms with Crippen LogP contribution >= 0.6 is 0 Å². The summed E-state index contributed by atoms with van der Waals surface area (Å²) >= 11 is 0. The fourth-order valence-corrected chi connectivity index (χ4v) is 2.21. The van der Waals surface area contributed by atoms with Gasteiger partial charge in [-0.1, -0.05) is 6.07 Å². The third-order valence-electron chi connectivity index (χ3n) is 3.20. The van der Waals surface area contributed by atoms with Crippen LogP contribution in [0.25, 0.3) is 0 Å². The van der Waals surface area contributed by atoms with Crippen molar-refractivity contribution in [3.63, 3.8) is 0 Å². The normalized spacial score (nSPS) is 17.1. The van der Waals surface area contributed by atoms with Crippen LogP contribution in [0.15, 0.2) is 36.4 Å². The summed E-state index contributed by atoms with van der Waals surface area (Å²) in [7, 11) is 2.02.